The van der Waals surface area contributed by atoms with E-state index < -0.39 is 0 Å². The highest BCUT2D eigenvalue weighted by molar-refractivity contribution is 8.14. The summed E-state index contributed by atoms with van der Waals surface area (Å²) in [5.74, 6) is 0.886. The molecule has 0 saturated carbocycles. The second-order valence-corrected chi connectivity index (χ2v) is 6.65. The third kappa shape index (κ3) is 3.15. The van der Waals surface area contributed by atoms with Gasteiger partial charge in [0.1, 0.15) is 5.70 Å². The van der Waals surface area contributed by atoms with Gasteiger partial charge in [0.15, 0.2) is 5.17 Å². The van der Waals surface area contributed by atoms with E-state index in [4.69, 9.17) is 0 Å². The number of rotatable bonds is 4. The number of anilines is 1. The lowest BCUT2D eigenvalue weighted by atomic mass is 10.2. The van der Waals surface area contributed by atoms with E-state index in [2.05, 4.69) is 11.9 Å². The fraction of sp³-hybridized carbons (Fsp3) is 0.176. The monoisotopic (exact) mass is 328 g/mol. The number of benzene rings is 1. The van der Waals surface area contributed by atoms with Gasteiger partial charge in [0.05, 0.1) is 5.69 Å². The van der Waals surface area contributed by atoms with Crippen LogP contribution in [0.1, 0.15) is 18.9 Å². The minimum absolute atomic E-state index is 0.0593. The predicted octanol–water partition coefficient (Wildman–Crippen LogP) is 4.64. The average Bonchev–Trinajstić information content (AvgIpc) is 3.15. The topological polar surface area (TPSA) is 32.7 Å². The number of para-hydroxylation sites is 1. The molecule has 2 aromatic rings. The van der Waals surface area contributed by atoms with Crippen LogP contribution in [0.5, 0.6) is 0 Å². The molecule has 1 aliphatic rings. The van der Waals surface area contributed by atoms with Gasteiger partial charge in [-0.3, -0.25) is 9.69 Å². The van der Waals surface area contributed by atoms with E-state index in [1.54, 1.807) is 28.0 Å². The van der Waals surface area contributed by atoms with Gasteiger partial charge in [0, 0.05) is 5.75 Å². The molecule has 1 amide bonds. The van der Waals surface area contributed by atoms with Crippen LogP contribution in [-0.4, -0.2) is 16.8 Å². The smallest absolute Gasteiger partial charge is 0.266 e. The fourth-order valence-electron chi connectivity index (χ4n) is 2.11. The van der Waals surface area contributed by atoms with Crippen LogP contribution in [0.3, 0.4) is 0 Å². The number of carbonyl (C=O) groups is 1. The van der Waals surface area contributed by atoms with Crippen LogP contribution in [0.4, 0.5) is 5.69 Å². The van der Waals surface area contributed by atoms with Gasteiger partial charge in [-0.1, -0.05) is 36.9 Å². The number of thiophene rings is 1. The van der Waals surface area contributed by atoms with Crippen molar-refractivity contribution in [3.63, 3.8) is 0 Å². The predicted molar refractivity (Wildman–Crippen MR) is 96.4 cm³/mol. The molecule has 2 heterocycles. The summed E-state index contributed by atoms with van der Waals surface area (Å²) in [4.78, 5) is 19.0. The molecule has 1 aliphatic heterocycles. The van der Waals surface area contributed by atoms with Crippen molar-refractivity contribution in [2.75, 3.05) is 10.7 Å². The molecule has 0 aliphatic carbocycles. The van der Waals surface area contributed by atoms with E-state index >= 15 is 0 Å². The zero-order valence-electron chi connectivity index (χ0n) is 12.2. The van der Waals surface area contributed by atoms with Gasteiger partial charge in [-0.25, -0.2) is 4.99 Å². The van der Waals surface area contributed by atoms with Crippen LogP contribution in [-0.2, 0) is 4.79 Å². The second kappa shape index (κ2) is 6.94. The van der Waals surface area contributed by atoms with E-state index in [1.165, 1.54) is 0 Å². The molecule has 1 aromatic carbocycles. The van der Waals surface area contributed by atoms with Crippen molar-refractivity contribution in [2.45, 2.75) is 13.3 Å². The first-order valence-electron chi connectivity index (χ1n) is 7.14. The molecular formula is C17H16N2OS2. The molecule has 112 valence electrons. The number of thioether (sulfide) groups is 1. The maximum absolute atomic E-state index is 12.7. The first kappa shape index (κ1) is 15.1. The van der Waals surface area contributed by atoms with Crippen molar-refractivity contribution in [1.29, 1.82) is 0 Å². The van der Waals surface area contributed by atoms with Crippen LogP contribution < -0.4 is 4.90 Å². The number of aliphatic imine (C=N–C) groups is 1. The Labute approximate surface area is 138 Å². The molecule has 22 heavy (non-hydrogen) atoms. The Morgan fingerprint density at radius 2 is 2.09 bits per heavy atom. The van der Waals surface area contributed by atoms with E-state index in [9.17, 15) is 4.79 Å². The van der Waals surface area contributed by atoms with Gasteiger partial charge in [-0.2, -0.15) is 11.3 Å². The number of hydrogen-bond acceptors (Lipinski definition) is 4. The summed E-state index contributed by atoms with van der Waals surface area (Å²) in [5, 5.41) is 4.77. The summed E-state index contributed by atoms with van der Waals surface area (Å²) in [6.45, 7) is 2.12. The third-order valence-electron chi connectivity index (χ3n) is 3.13. The molecule has 0 spiro atoms. The minimum atomic E-state index is -0.0593. The molecule has 0 unspecified atom stereocenters. The van der Waals surface area contributed by atoms with E-state index in [0.717, 1.165) is 28.6 Å². The molecule has 0 saturated heterocycles. The molecule has 1 aromatic heterocycles. The number of amidine groups is 1. The van der Waals surface area contributed by atoms with Gasteiger partial charge in [0.2, 0.25) is 0 Å². The van der Waals surface area contributed by atoms with E-state index in [0.29, 0.717) is 5.70 Å². The van der Waals surface area contributed by atoms with Crippen molar-refractivity contribution in [3.8, 4) is 0 Å². The average molecular weight is 328 g/mol. The van der Waals surface area contributed by atoms with Crippen LogP contribution in [0.2, 0.25) is 0 Å². The first-order valence-corrected chi connectivity index (χ1v) is 9.07. The van der Waals surface area contributed by atoms with E-state index in [-0.39, 0.29) is 5.91 Å². The van der Waals surface area contributed by atoms with Crippen LogP contribution >= 0.6 is 23.1 Å². The van der Waals surface area contributed by atoms with Crippen LogP contribution in [0.25, 0.3) is 6.08 Å². The van der Waals surface area contributed by atoms with Gasteiger partial charge in [-0.15, -0.1) is 0 Å². The highest BCUT2D eigenvalue weighted by atomic mass is 32.2. The molecule has 0 radical (unpaired) electrons. The summed E-state index contributed by atoms with van der Waals surface area (Å²) in [6, 6.07) is 11.7. The summed E-state index contributed by atoms with van der Waals surface area (Å²) >= 11 is 3.24. The number of amides is 1. The number of nitrogens with zero attached hydrogens (tertiary/aromatic N) is 2. The molecule has 0 bridgehead atoms. The molecule has 0 N–H and O–H groups in total. The van der Waals surface area contributed by atoms with Crippen molar-refractivity contribution in [3.05, 3.63) is 58.4 Å². The van der Waals surface area contributed by atoms with Crippen molar-refractivity contribution < 1.29 is 4.79 Å². The molecule has 0 fully saturated rings. The SMILES string of the molecule is CCCSC1=N/C(=C/c2ccsc2)C(=O)N1c1ccccc1. The fourth-order valence-corrected chi connectivity index (χ4v) is 3.59. The Bertz CT molecular complexity index is 706. The Hall–Kier alpha value is -1.85. The van der Waals surface area contributed by atoms with Crippen LogP contribution in [0, 0.1) is 0 Å². The second-order valence-electron chi connectivity index (χ2n) is 4.81. The Balaban J connectivity index is 1.95. The maximum atomic E-state index is 12.7. The highest BCUT2D eigenvalue weighted by Gasteiger charge is 2.31. The van der Waals surface area contributed by atoms with Gasteiger partial charge in [-0.05, 0) is 47.0 Å². The summed E-state index contributed by atoms with van der Waals surface area (Å²) in [5.41, 5.74) is 2.39. The molecule has 3 nitrogen and oxygen atoms in total. The largest absolute Gasteiger partial charge is 0.283 e. The Morgan fingerprint density at radius 3 is 2.77 bits per heavy atom. The Kier molecular flexibility index (Phi) is 4.75. The third-order valence-corrected chi connectivity index (χ3v) is 4.97. The van der Waals surface area contributed by atoms with Crippen molar-refractivity contribution >= 4 is 45.9 Å². The molecule has 5 heteroatoms. The normalized spacial score (nSPS) is 16.4. The zero-order chi connectivity index (χ0) is 15.4. The highest BCUT2D eigenvalue weighted by Crippen LogP contribution is 2.29. The molecule has 0 atom stereocenters. The van der Waals surface area contributed by atoms with Gasteiger partial charge < -0.3 is 0 Å². The standard InChI is InChI=1S/C17H16N2OS2/c1-2-9-22-17-18-15(11-13-8-10-21-12-13)16(20)19(17)14-6-4-3-5-7-14/h3-8,10-12H,2,9H2,1H3/b15-11+. The van der Waals surface area contributed by atoms with Gasteiger partial charge in [0.25, 0.3) is 5.91 Å². The summed E-state index contributed by atoms with van der Waals surface area (Å²) in [7, 11) is 0. The lowest BCUT2D eigenvalue weighted by molar-refractivity contribution is -0.113. The Morgan fingerprint density at radius 1 is 1.27 bits per heavy atom. The lowest BCUT2D eigenvalue weighted by Gasteiger charge is -2.17. The maximum Gasteiger partial charge on any atom is 0.283 e. The zero-order valence-corrected chi connectivity index (χ0v) is 13.9. The molecular weight excluding hydrogens is 312 g/mol. The number of carbonyl (C=O) groups excluding carboxylic acids is 1. The summed E-state index contributed by atoms with van der Waals surface area (Å²) in [6.07, 6.45) is 2.90. The van der Waals surface area contributed by atoms with Crippen molar-refractivity contribution in [1.82, 2.24) is 0 Å². The number of hydrogen-bond donors (Lipinski definition) is 0. The molecule has 3 rings (SSSR count). The van der Waals surface area contributed by atoms with Gasteiger partial charge >= 0.3 is 0 Å². The first-order chi connectivity index (χ1) is 10.8. The lowest BCUT2D eigenvalue weighted by Crippen LogP contribution is -2.30. The van der Waals surface area contributed by atoms with E-state index in [1.807, 2.05) is 53.2 Å². The van der Waals surface area contributed by atoms with Crippen LogP contribution in [0.15, 0.2) is 57.8 Å². The minimum Gasteiger partial charge on any atom is -0.266 e. The van der Waals surface area contributed by atoms with Crippen molar-refractivity contribution in [2.24, 2.45) is 4.99 Å². The quantitative estimate of drug-likeness (QED) is 0.766. The summed E-state index contributed by atoms with van der Waals surface area (Å²) < 4.78 is 0.